The summed E-state index contributed by atoms with van der Waals surface area (Å²) in [7, 11) is 0. The van der Waals surface area contributed by atoms with Crippen LogP contribution in [0.2, 0.25) is 0 Å². The van der Waals surface area contributed by atoms with Gasteiger partial charge in [-0.1, -0.05) is 71.8 Å². The molecule has 0 aromatic heterocycles. The third-order valence-corrected chi connectivity index (χ3v) is 11.7. The van der Waals surface area contributed by atoms with E-state index in [1.165, 1.54) is 102 Å². The lowest BCUT2D eigenvalue weighted by Crippen LogP contribution is -1.96. The third kappa shape index (κ3) is 22.8. The molecule has 0 aliphatic carbocycles. The molecule has 0 N–H and O–H groups in total. The molecule has 0 nitrogen and oxygen atoms in total. The summed E-state index contributed by atoms with van der Waals surface area (Å²) in [6.07, 6.45) is 0. The van der Waals surface area contributed by atoms with Crippen LogP contribution in [0.15, 0.2) is 109 Å². The highest BCUT2D eigenvalue weighted by atomic mass is 19.2. The van der Waals surface area contributed by atoms with Crippen LogP contribution in [0.1, 0.15) is 94.6 Å². The highest BCUT2D eigenvalue weighted by Crippen LogP contribution is 2.20. The molecule has 0 amide bonds. The van der Waals surface area contributed by atoms with Gasteiger partial charge in [0.2, 0.25) is 0 Å². The summed E-state index contributed by atoms with van der Waals surface area (Å²) in [6.45, 7) is 28.0. The maximum atomic E-state index is 13.0. The Labute approximate surface area is 452 Å². The van der Waals surface area contributed by atoms with E-state index in [1.807, 2.05) is 26.0 Å². The summed E-state index contributed by atoms with van der Waals surface area (Å²) in [5.41, 5.74) is 9.13. The average Bonchev–Trinajstić information content (AvgIpc) is 3.37. The second-order valence-electron chi connectivity index (χ2n) is 18.9. The Bertz CT molecular complexity index is 2920. The highest BCUT2D eigenvalue weighted by molar-refractivity contribution is 5.33. The molecule has 0 heterocycles. The number of benzene rings is 8. The van der Waals surface area contributed by atoms with Crippen molar-refractivity contribution in [3.8, 4) is 0 Å². The molecule has 13 heteroatoms. The molecule has 8 aromatic carbocycles. The van der Waals surface area contributed by atoms with E-state index in [9.17, 15) is 57.1 Å². The minimum atomic E-state index is -1.09. The summed E-state index contributed by atoms with van der Waals surface area (Å²) in [4.78, 5) is 0. The first kappa shape index (κ1) is 68.9. The van der Waals surface area contributed by atoms with E-state index < -0.39 is 64.0 Å². The van der Waals surface area contributed by atoms with Gasteiger partial charge >= 0.3 is 0 Å². The van der Waals surface area contributed by atoms with Gasteiger partial charge in [-0.15, -0.1) is 0 Å². The Kier molecular flexibility index (Phi) is 28.7. The molecule has 8 aromatic rings. The molecule has 0 aliphatic heterocycles. The summed E-state index contributed by atoms with van der Waals surface area (Å²) in [5, 5.41) is 0. The second kappa shape index (κ2) is 32.6. The highest BCUT2D eigenvalue weighted by Gasteiger charge is 2.13. The number of aryl methyl sites for hydroxylation is 12. The minimum absolute atomic E-state index is 0.00870. The Morgan fingerprint density at radius 1 is 0.167 bits per heavy atom. The van der Waals surface area contributed by atoms with Crippen molar-refractivity contribution in [2.45, 2.75) is 118 Å². The van der Waals surface area contributed by atoms with Gasteiger partial charge in [-0.3, -0.25) is 0 Å². The van der Waals surface area contributed by atoms with Crippen molar-refractivity contribution in [1.29, 1.82) is 0 Å². The SMILES string of the molecule is Cc1cc(F)c(C)c(F)c1.Cc1cc(F)c(C)c(F)c1.Cc1cc(F)c(C)c(F)c1C.Cc1cc(F)c(C)c(F)c1F.Cc1ccc(C)c(F)c1.Cc1ccc(C)c(F)c1.Cc1ccc(C)c(F)c1F.Cc1ccc(C)cc1. The number of hydrogen-bond acceptors (Lipinski definition) is 0. The second-order valence-corrected chi connectivity index (χ2v) is 18.9. The smallest absolute Gasteiger partial charge is 0.164 e. The Balaban J connectivity index is 0.000000446. The summed E-state index contributed by atoms with van der Waals surface area (Å²) < 4.78 is 164. The zero-order chi connectivity index (χ0) is 60.0. The topological polar surface area (TPSA) is 0 Å². The van der Waals surface area contributed by atoms with E-state index >= 15 is 0 Å². The maximum absolute atomic E-state index is 13.0. The lowest BCUT2D eigenvalue weighted by atomic mass is 10.1. The van der Waals surface area contributed by atoms with Crippen LogP contribution in [-0.2, 0) is 0 Å². The summed E-state index contributed by atoms with van der Waals surface area (Å²) in [6, 6.07) is 29.7. The van der Waals surface area contributed by atoms with Crippen LogP contribution in [0.25, 0.3) is 0 Å². The minimum Gasteiger partial charge on any atom is -0.207 e. The van der Waals surface area contributed by atoms with E-state index in [4.69, 9.17) is 0 Å². The van der Waals surface area contributed by atoms with Crippen LogP contribution in [0, 0.1) is 193 Å². The Hall–Kier alpha value is -7.15. The Morgan fingerprint density at radius 2 is 0.410 bits per heavy atom. The van der Waals surface area contributed by atoms with E-state index in [1.54, 1.807) is 65.8 Å². The molecule has 78 heavy (non-hydrogen) atoms. The van der Waals surface area contributed by atoms with Crippen LogP contribution in [0.5, 0.6) is 0 Å². The molecule has 0 aliphatic rings. The predicted octanol–water partition coefficient (Wildman–Crippen LogP) is 20.5. The summed E-state index contributed by atoms with van der Waals surface area (Å²) in [5.74, 6) is -7.27. The van der Waals surface area contributed by atoms with E-state index in [0.29, 0.717) is 44.5 Å². The first-order chi connectivity index (χ1) is 36.1. The van der Waals surface area contributed by atoms with E-state index in [-0.39, 0.29) is 39.5 Å². The van der Waals surface area contributed by atoms with Crippen LogP contribution in [-0.4, -0.2) is 0 Å². The maximum Gasteiger partial charge on any atom is 0.164 e. The van der Waals surface area contributed by atoms with Gasteiger partial charge in [0.15, 0.2) is 23.3 Å². The number of rotatable bonds is 0. The van der Waals surface area contributed by atoms with Crippen LogP contribution >= 0.6 is 0 Å². The van der Waals surface area contributed by atoms with Crippen molar-refractivity contribution in [1.82, 2.24) is 0 Å². The predicted molar refractivity (Wildman–Crippen MR) is 292 cm³/mol. The zero-order valence-electron chi connectivity index (χ0n) is 47.3. The van der Waals surface area contributed by atoms with Crippen molar-refractivity contribution >= 4 is 0 Å². The van der Waals surface area contributed by atoms with Crippen LogP contribution < -0.4 is 0 Å². The fourth-order valence-electron chi connectivity index (χ4n) is 6.09. The van der Waals surface area contributed by atoms with Crippen molar-refractivity contribution in [2.75, 3.05) is 0 Å². The average molecular weight is 1100 g/mol. The zero-order valence-corrected chi connectivity index (χ0v) is 47.3. The van der Waals surface area contributed by atoms with Crippen molar-refractivity contribution in [2.24, 2.45) is 0 Å². The third-order valence-electron chi connectivity index (χ3n) is 11.7. The molecule has 0 saturated carbocycles. The van der Waals surface area contributed by atoms with Gasteiger partial charge in [0.05, 0.1) is 0 Å². The molecular weight excluding hydrogens is 1030 g/mol. The standard InChI is InChI=1S/C9H10F2.C8H7F3.3C8H8F2.2C8H9F.C8H10/c1-5-4-8(10)7(3)9(11)6(5)2;1-4-3-6(9)5(2)8(11)7(4)10;2*1-5-3-7(9)6(2)8(10)4-5;1-5-3-4-6(2)8(10)7(5)9;2*1-6-3-4-7(2)8(9)5-6;1-7-3-5-8(2)6-4-7/h4H,1-3H3;3H,1-2H3;3*3-4H,1-2H3;2*3-5H,1-2H3;3-6H,1-2H3. The monoisotopic (exact) mass is 1100 g/mol. The van der Waals surface area contributed by atoms with Gasteiger partial charge < -0.3 is 0 Å². The number of halogens is 13. The molecular formula is C65H69F13. The quantitative estimate of drug-likeness (QED) is 0.105. The molecule has 0 unspecified atom stereocenters. The van der Waals surface area contributed by atoms with Crippen LogP contribution in [0.3, 0.4) is 0 Å². The van der Waals surface area contributed by atoms with Crippen molar-refractivity contribution in [3.63, 3.8) is 0 Å². The van der Waals surface area contributed by atoms with Gasteiger partial charge in [-0.2, -0.15) is 0 Å². The Morgan fingerprint density at radius 3 is 0.718 bits per heavy atom. The van der Waals surface area contributed by atoms with Gasteiger partial charge in [0.25, 0.3) is 0 Å². The molecule has 0 radical (unpaired) electrons. The van der Waals surface area contributed by atoms with Gasteiger partial charge in [0.1, 0.15) is 52.4 Å². The van der Waals surface area contributed by atoms with Crippen LogP contribution in [0.4, 0.5) is 57.1 Å². The van der Waals surface area contributed by atoms with E-state index in [0.717, 1.165) is 17.2 Å². The first-order valence-corrected chi connectivity index (χ1v) is 24.4. The molecule has 420 valence electrons. The summed E-state index contributed by atoms with van der Waals surface area (Å²) >= 11 is 0. The molecule has 0 fully saturated rings. The van der Waals surface area contributed by atoms with Crippen molar-refractivity contribution < 1.29 is 57.1 Å². The molecule has 0 bridgehead atoms. The first-order valence-electron chi connectivity index (χ1n) is 24.4. The van der Waals surface area contributed by atoms with Crippen molar-refractivity contribution in [3.05, 3.63) is 279 Å². The lowest BCUT2D eigenvalue weighted by molar-refractivity contribution is 0.480. The fraction of sp³-hybridized carbons (Fsp3) is 0.262. The van der Waals surface area contributed by atoms with Gasteiger partial charge in [-0.25, -0.2) is 57.1 Å². The van der Waals surface area contributed by atoms with Gasteiger partial charge in [-0.05, 0) is 227 Å². The molecule has 8 rings (SSSR count). The lowest BCUT2D eigenvalue weighted by Gasteiger charge is -2.04. The normalized spacial score (nSPS) is 9.92. The fourth-order valence-corrected chi connectivity index (χ4v) is 6.09. The molecule has 0 saturated heterocycles. The molecule has 0 atom stereocenters. The largest absolute Gasteiger partial charge is 0.207 e. The molecule has 0 spiro atoms. The van der Waals surface area contributed by atoms with E-state index in [2.05, 4.69) is 38.1 Å². The number of hydrogen-bond donors (Lipinski definition) is 0. The van der Waals surface area contributed by atoms with Gasteiger partial charge in [0, 0.05) is 22.3 Å².